The Hall–Kier alpha value is -2.67. The molecule has 2 aliphatic rings. The Kier molecular flexibility index (Phi) is 4.46. The van der Waals surface area contributed by atoms with Gasteiger partial charge in [-0.2, -0.15) is 0 Å². The SMILES string of the molecule is O=C(CN1CCOC1=O)N1C[C@@H](Cc2ccc3ccccc3n2)[C@H](O)C1. The Balaban J connectivity index is 1.39. The van der Waals surface area contributed by atoms with Crippen molar-refractivity contribution in [1.29, 1.82) is 0 Å². The molecule has 26 heavy (non-hydrogen) atoms. The van der Waals surface area contributed by atoms with Crippen LogP contribution in [0.15, 0.2) is 36.4 Å². The molecule has 0 bridgehead atoms. The number of likely N-dealkylation sites (tertiary alicyclic amines) is 1. The number of aliphatic hydroxyl groups is 1. The molecule has 136 valence electrons. The van der Waals surface area contributed by atoms with Crippen LogP contribution in [0.2, 0.25) is 0 Å². The van der Waals surface area contributed by atoms with Crippen molar-refractivity contribution in [1.82, 2.24) is 14.8 Å². The molecular formula is C19H21N3O4. The Labute approximate surface area is 151 Å². The number of para-hydroxylation sites is 1. The van der Waals surface area contributed by atoms with Crippen molar-refractivity contribution in [2.75, 3.05) is 32.8 Å². The molecule has 2 amide bonds. The maximum atomic E-state index is 12.4. The number of rotatable bonds is 4. The fourth-order valence-electron chi connectivity index (χ4n) is 3.58. The lowest BCUT2D eigenvalue weighted by atomic mass is 9.99. The third-order valence-electron chi connectivity index (χ3n) is 5.06. The summed E-state index contributed by atoms with van der Waals surface area (Å²) >= 11 is 0. The molecule has 0 unspecified atom stereocenters. The van der Waals surface area contributed by atoms with Crippen molar-refractivity contribution in [3.8, 4) is 0 Å². The van der Waals surface area contributed by atoms with Gasteiger partial charge in [-0.15, -0.1) is 0 Å². The van der Waals surface area contributed by atoms with Crippen molar-refractivity contribution in [2.24, 2.45) is 5.92 Å². The molecule has 2 fully saturated rings. The molecule has 2 saturated heterocycles. The van der Waals surface area contributed by atoms with E-state index in [0.29, 0.717) is 32.7 Å². The van der Waals surface area contributed by atoms with Crippen LogP contribution in [0.5, 0.6) is 0 Å². The highest BCUT2D eigenvalue weighted by Gasteiger charge is 2.36. The summed E-state index contributed by atoms with van der Waals surface area (Å²) in [5.41, 5.74) is 1.84. The molecule has 1 aromatic carbocycles. The minimum Gasteiger partial charge on any atom is -0.448 e. The number of carbonyl (C=O) groups is 2. The second-order valence-electron chi connectivity index (χ2n) is 6.86. The van der Waals surface area contributed by atoms with E-state index in [9.17, 15) is 14.7 Å². The number of aromatic nitrogens is 1. The summed E-state index contributed by atoms with van der Waals surface area (Å²) in [6.07, 6.45) is -0.422. The van der Waals surface area contributed by atoms with Crippen LogP contribution in [0.3, 0.4) is 0 Å². The number of cyclic esters (lactones) is 1. The van der Waals surface area contributed by atoms with Gasteiger partial charge in [0.15, 0.2) is 0 Å². The zero-order valence-electron chi connectivity index (χ0n) is 14.4. The van der Waals surface area contributed by atoms with Gasteiger partial charge in [-0.3, -0.25) is 14.7 Å². The van der Waals surface area contributed by atoms with Crippen LogP contribution in [0.1, 0.15) is 5.69 Å². The predicted molar refractivity (Wildman–Crippen MR) is 94.4 cm³/mol. The highest BCUT2D eigenvalue weighted by molar-refractivity contribution is 5.83. The van der Waals surface area contributed by atoms with Gasteiger partial charge in [-0.1, -0.05) is 24.3 Å². The smallest absolute Gasteiger partial charge is 0.410 e. The van der Waals surface area contributed by atoms with Crippen molar-refractivity contribution in [2.45, 2.75) is 12.5 Å². The zero-order chi connectivity index (χ0) is 18.1. The molecule has 1 N–H and O–H groups in total. The van der Waals surface area contributed by atoms with E-state index in [0.717, 1.165) is 16.6 Å². The van der Waals surface area contributed by atoms with Crippen LogP contribution in [-0.4, -0.2) is 70.8 Å². The lowest BCUT2D eigenvalue weighted by Gasteiger charge is -2.19. The van der Waals surface area contributed by atoms with Crippen molar-refractivity contribution < 1.29 is 19.4 Å². The molecule has 3 heterocycles. The van der Waals surface area contributed by atoms with Gasteiger partial charge in [0.25, 0.3) is 0 Å². The first-order valence-electron chi connectivity index (χ1n) is 8.82. The van der Waals surface area contributed by atoms with Gasteiger partial charge in [-0.05, 0) is 18.6 Å². The molecule has 0 aliphatic carbocycles. The second-order valence-corrected chi connectivity index (χ2v) is 6.86. The largest absolute Gasteiger partial charge is 0.448 e. The number of aliphatic hydroxyl groups excluding tert-OH is 1. The minimum atomic E-state index is -0.585. The van der Waals surface area contributed by atoms with Gasteiger partial charge in [0.05, 0.1) is 18.2 Å². The van der Waals surface area contributed by atoms with Crippen molar-refractivity contribution in [3.63, 3.8) is 0 Å². The fraction of sp³-hybridized carbons (Fsp3) is 0.421. The van der Waals surface area contributed by atoms with Crippen LogP contribution in [0.25, 0.3) is 10.9 Å². The maximum Gasteiger partial charge on any atom is 0.410 e. The molecule has 2 aliphatic heterocycles. The summed E-state index contributed by atoms with van der Waals surface area (Å²) in [5, 5.41) is 11.4. The van der Waals surface area contributed by atoms with E-state index in [1.54, 1.807) is 4.90 Å². The first-order chi connectivity index (χ1) is 12.6. The third-order valence-corrected chi connectivity index (χ3v) is 5.06. The van der Waals surface area contributed by atoms with Crippen molar-refractivity contribution >= 4 is 22.9 Å². The molecule has 2 atom stereocenters. The van der Waals surface area contributed by atoms with Crippen LogP contribution in [-0.2, 0) is 16.0 Å². The normalized spacial score (nSPS) is 22.9. The summed E-state index contributed by atoms with van der Waals surface area (Å²) in [6, 6.07) is 11.9. The van der Waals surface area contributed by atoms with Gasteiger partial charge in [-0.25, -0.2) is 4.79 Å². The van der Waals surface area contributed by atoms with Gasteiger partial charge >= 0.3 is 6.09 Å². The van der Waals surface area contributed by atoms with Gasteiger partial charge in [0.1, 0.15) is 13.2 Å². The van der Waals surface area contributed by atoms with Crippen molar-refractivity contribution in [3.05, 3.63) is 42.1 Å². The average molecular weight is 355 g/mol. The van der Waals surface area contributed by atoms with Gasteiger partial charge in [0, 0.05) is 30.1 Å². The Bertz CT molecular complexity index is 840. The molecule has 2 aromatic rings. The van der Waals surface area contributed by atoms with Crippen LogP contribution < -0.4 is 0 Å². The van der Waals surface area contributed by atoms with Crippen LogP contribution in [0.4, 0.5) is 4.79 Å². The number of benzene rings is 1. The van der Waals surface area contributed by atoms with E-state index in [1.807, 2.05) is 36.4 Å². The van der Waals surface area contributed by atoms with E-state index in [4.69, 9.17) is 4.74 Å². The number of β-amino-alcohol motifs (C(OH)–C–C–N with tert-alkyl or cyclic N) is 1. The summed E-state index contributed by atoms with van der Waals surface area (Å²) in [7, 11) is 0. The van der Waals surface area contributed by atoms with Gasteiger partial charge < -0.3 is 14.7 Å². The van der Waals surface area contributed by atoms with E-state index in [2.05, 4.69) is 4.98 Å². The zero-order valence-corrected chi connectivity index (χ0v) is 14.4. The molecule has 4 rings (SSSR count). The molecule has 7 nitrogen and oxygen atoms in total. The predicted octanol–water partition coefficient (Wildman–Crippen LogP) is 1.05. The monoisotopic (exact) mass is 355 g/mol. The summed E-state index contributed by atoms with van der Waals surface area (Å²) in [5.74, 6) is -0.213. The summed E-state index contributed by atoms with van der Waals surface area (Å²) in [4.78, 5) is 31.6. The first-order valence-corrected chi connectivity index (χ1v) is 8.82. The fourth-order valence-corrected chi connectivity index (χ4v) is 3.58. The molecule has 0 radical (unpaired) electrons. The van der Waals surface area contributed by atoms with Gasteiger partial charge in [0.2, 0.25) is 5.91 Å². The molecule has 1 aromatic heterocycles. The highest BCUT2D eigenvalue weighted by Crippen LogP contribution is 2.22. The topological polar surface area (TPSA) is 83.0 Å². The molecule has 0 spiro atoms. The van der Waals surface area contributed by atoms with Crippen LogP contribution in [0, 0.1) is 5.92 Å². The Morgan fingerprint density at radius 1 is 1.23 bits per heavy atom. The molecule has 7 heteroatoms. The Morgan fingerprint density at radius 2 is 2.08 bits per heavy atom. The highest BCUT2D eigenvalue weighted by atomic mass is 16.6. The number of pyridine rings is 1. The summed E-state index contributed by atoms with van der Waals surface area (Å²) in [6.45, 7) is 1.53. The number of amides is 2. The van der Waals surface area contributed by atoms with E-state index < -0.39 is 12.2 Å². The summed E-state index contributed by atoms with van der Waals surface area (Å²) < 4.78 is 4.84. The lowest BCUT2D eigenvalue weighted by Crippen LogP contribution is -2.40. The van der Waals surface area contributed by atoms with Crippen LogP contribution >= 0.6 is 0 Å². The number of ether oxygens (including phenoxy) is 1. The third kappa shape index (κ3) is 3.35. The average Bonchev–Trinajstić information content (AvgIpc) is 3.21. The van der Waals surface area contributed by atoms with E-state index in [1.165, 1.54) is 4.90 Å². The van der Waals surface area contributed by atoms with E-state index in [-0.39, 0.29) is 18.4 Å². The van der Waals surface area contributed by atoms with E-state index >= 15 is 0 Å². The number of carbonyl (C=O) groups excluding carboxylic acids is 2. The molecule has 0 saturated carbocycles. The number of nitrogens with zero attached hydrogens (tertiary/aromatic N) is 3. The quantitative estimate of drug-likeness (QED) is 0.886. The standard InChI is InChI=1S/C19H21N3O4/c23-17-11-22(18(24)12-21-7-8-26-19(21)25)10-14(17)9-15-6-5-13-3-1-2-4-16(13)20-15/h1-6,14,17,23H,7-12H2/t14-,17-/m1/s1. The first kappa shape index (κ1) is 16.8. The second kappa shape index (κ2) is 6.92. The number of hydrogen-bond acceptors (Lipinski definition) is 5. The Morgan fingerprint density at radius 3 is 2.88 bits per heavy atom. The molecular weight excluding hydrogens is 334 g/mol. The lowest BCUT2D eigenvalue weighted by molar-refractivity contribution is -0.131. The maximum absolute atomic E-state index is 12.4. The number of fused-ring (bicyclic) bond motifs is 1. The number of hydrogen-bond donors (Lipinski definition) is 1. The minimum absolute atomic E-state index is 0.00645.